The third-order valence-electron chi connectivity index (χ3n) is 2.29. The highest BCUT2D eigenvalue weighted by molar-refractivity contribution is 8.26. The lowest BCUT2D eigenvalue weighted by Crippen LogP contribution is -2.19. The Kier molecular flexibility index (Phi) is 3.02. The van der Waals surface area contributed by atoms with Crippen molar-refractivity contribution in [2.45, 2.75) is 12.8 Å². The molecular weight excluding hydrogens is 230 g/mol. The van der Waals surface area contributed by atoms with Gasteiger partial charge in [0.1, 0.15) is 4.32 Å². The van der Waals surface area contributed by atoms with E-state index in [2.05, 4.69) is 5.32 Å². The molecule has 1 N–H and O–H groups in total. The maximum Gasteiger partial charge on any atom is 0.263 e. The van der Waals surface area contributed by atoms with E-state index in [-0.39, 0.29) is 17.6 Å². The number of carbonyl (C=O) groups is 2. The molecule has 0 saturated carbocycles. The minimum atomic E-state index is -0.188. The van der Waals surface area contributed by atoms with Gasteiger partial charge >= 0.3 is 0 Å². The fraction of sp³-hybridized carbons (Fsp3) is 0.300. The topological polar surface area (TPSA) is 46.2 Å². The fourth-order valence-electron chi connectivity index (χ4n) is 1.53. The molecule has 2 rings (SSSR count). The highest BCUT2D eigenvalue weighted by atomic mass is 32.2. The van der Waals surface area contributed by atoms with Gasteiger partial charge in [-0.3, -0.25) is 9.59 Å². The number of carbonyl (C=O) groups excluding carboxylic acids is 2. The summed E-state index contributed by atoms with van der Waals surface area (Å²) in [7, 11) is 0. The van der Waals surface area contributed by atoms with Crippen LogP contribution in [-0.2, 0) is 9.59 Å². The zero-order chi connectivity index (χ0) is 10.8. The van der Waals surface area contributed by atoms with Crippen molar-refractivity contribution in [3.63, 3.8) is 0 Å². The third-order valence-corrected chi connectivity index (χ3v) is 3.47. The first-order valence-corrected chi connectivity index (χ1v) is 5.84. The van der Waals surface area contributed by atoms with Crippen molar-refractivity contribution in [2.75, 3.05) is 0 Å². The molecule has 1 aliphatic heterocycles. The first-order chi connectivity index (χ1) is 7.16. The summed E-state index contributed by atoms with van der Waals surface area (Å²) in [6.07, 6.45) is 6.84. The Bertz CT molecular complexity index is 396. The minimum absolute atomic E-state index is 0.0694. The second-order valence-electron chi connectivity index (χ2n) is 3.36. The molecular formula is C10H9NO2S2. The van der Waals surface area contributed by atoms with Crippen molar-refractivity contribution in [1.82, 2.24) is 5.32 Å². The van der Waals surface area contributed by atoms with Gasteiger partial charge in [-0.25, -0.2) is 0 Å². The van der Waals surface area contributed by atoms with E-state index in [0.717, 1.165) is 12.8 Å². The summed E-state index contributed by atoms with van der Waals surface area (Å²) in [6, 6.07) is 0. The van der Waals surface area contributed by atoms with Crippen LogP contribution in [0.1, 0.15) is 12.8 Å². The van der Waals surface area contributed by atoms with E-state index in [1.807, 2.05) is 6.08 Å². The third kappa shape index (κ3) is 2.35. The normalized spacial score (nSPS) is 28.7. The van der Waals surface area contributed by atoms with E-state index in [1.165, 1.54) is 11.8 Å². The predicted octanol–water partition coefficient (Wildman–Crippen LogP) is 1.55. The van der Waals surface area contributed by atoms with E-state index >= 15 is 0 Å². The van der Waals surface area contributed by atoms with Crippen LogP contribution in [0.2, 0.25) is 0 Å². The van der Waals surface area contributed by atoms with Gasteiger partial charge in [0.25, 0.3) is 5.91 Å². The highest BCUT2D eigenvalue weighted by Crippen LogP contribution is 2.27. The molecule has 0 radical (unpaired) electrons. The lowest BCUT2D eigenvalue weighted by molar-refractivity contribution is -0.117. The minimum Gasteiger partial charge on any atom is -0.307 e. The molecule has 1 saturated heterocycles. The first-order valence-electron chi connectivity index (χ1n) is 4.62. The van der Waals surface area contributed by atoms with Gasteiger partial charge in [-0.15, -0.1) is 0 Å². The Labute approximate surface area is 97.0 Å². The van der Waals surface area contributed by atoms with Crippen LogP contribution in [0.25, 0.3) is 0 Å². The number of nitrogens with one attached hydrogen (secondary N) is 1. The summed E-state index contributed by atoms with van der Waals surface area (Å²) < 4.78 is 0.463. The van der Waals surface area contributed by atoms with Crippen LogP contribution in [-0.4, -0.2) is 16.0 Å². The number of hydrogen-bond acceptors (Lipinski definition) is 4. The van der Waals surface area contributed by atoms with Gasteiger partial charge in [-0.1, -0.05) is 36.1 Å². The molecule has 0 bridgehead atoms. The molecule has 1 amide bonds. The number of ketones is 1. The fourth-order valence-corrected chi connectivity index (χ4v) is 2.61. The van der Waals surface area contributed by atoms with E-state index in [0.29, 0.717) is 9.23 Å². The average molecular weight is 239 g/mol. The molecule has 0 unspecified atom stereocenters. The zero-order valence-electron chi connectivity index (χ0n) is 7.86. The summed E-state index contributed by atoms with van der Waals surface area (Å²) >= 11 is 6.09. The number of hydrogen-bond donors (Lipinski definition) is 1. The zero-order valence-corrected chi connectivity index (χ0v) is 9.49. The smallest absolute Gasteiger partial charge is 0.263 e. The van der Waals surface area contributed by atoms with Crippen LogP contribution in [0, 0.1) is 5.92 Å². The van der Waals surface area contributed by atoms with Gasteiger partial charge in [-0.2, -0.15) is 0 Å². The first kappa shape index (κ1) is 10.6. The van der Waals surface area contributed by atoms with Crippen LogP contribution in [0.15, 0.2) is 23.1 Å². The Morgan fingerprint density at radius 2 is 2.33 bits per heavy atom. The Morgan fingerprint density at radius 3 is 2.93 bits per heavy atom. The van der Waals surface area contributed by atoms with Gasteiger partial charge < -0.3 is 5.32 Å². The summed E-state index contributed by atoms with van der Waals surface area (Å²) in [5, 5.41) is 2.53. The van der Waals surface area contributed by atoms with Gasteiger partial charge in [-0.05, 0) is 18.9 Å². The SMILES string of the molecule is O=C1NC(=S)S/C1=C\[C@H]1CCC=CC1=O. The van der Waals surface area contributed by atoms with Crippen molar-refractivity contribution in [3.05, 3.63) is 23.1 Å². The van der Waals surface area contributed by atoms with Gasteiger partial charge in [0.15, 0.2) is 5.78 Å². The summed E-state index contributed by atoms with van der Waals surface area (Å²) in [5.41, 5.74) is 0. The predicted molar refractivity (Wildman–Crippen MR) is 63.3 cm³/mol. The van der Waals surface area contributed by atoms with Crippen molar-refractivity contribution in [1.29, 1.82) is 0 Å². The Morgan fingerprint density at radius 1 is 1.53 bits per heavy atom. The molecule has 1 aliphatic carbocycles. The Hall–Kier alpha value is -0.940. The van der Waals surface area contributed by atoms with E-state index in [1.54, 1.807) is 12.2 Å². The second-order valence-corrected chi connectivity index (χ2v) is 5.08. The monoisotopic (exact) mass is 239 g/mol. The highest BCUT2D eigenvalue weighted by Gasteiger charge is 2.25. The van der Waals surface area contributed by atoms with E-state index in [9.17, 15) is 9.59 Å². The molecule has 3 nitrogen and oxygen atoms in total. The molecule has 78 valence electrons. The summed E-state index contributed by atoms with van der Waals surface area (Å²) in [6.45, 7) is 0. The van der Waals surface area contributed by atoms with Crippen molar-refractivity contribution >= 4 is 40.0 Å². The molecule has 1 fully saturated rings. The molecule has 1 heterocycles. The molecule has 1 atom stereocenters. The van der Waals surface area contributed by atoms with Gasteiger partial charge in [0.2, 0.25) is 0 Å². The standard InChI is InChI=1S/C10H9NO2S2/c12-7-4-2-1-3-6(7)5-8-9(13)11-10(14)15-8/h2,4-6H,1,3H2,(H,11,13,14)/b8-5-/t6-/m1/s1. The number of thiocarbonyl (C=S) groups is 1. The van der Waals surface area contributed by atoms with Crippen LogP contribution in [0.5, 0.6) is 0 Å². The van der Waals surface area contributed by atoms with Gasteiger partial charge in [0.05, 0.1) is 4.91 Å². The molecule has 2 aliphatic rings. The molecule has 0 spiro atoms. The van der Waals surface area contributed by atoms with Crippen molar-refractivity contribution in [2.24, 2.45) is 5.92 Å². The number of amides is 1. The number of rotatable bonds is 1. The maximum atomic E-state index is 11.5. The lowest BCUT2D eigenvalue weighted by Gasteiger charge is -2.12. The quantitative estimate of drug-likeness (QED) is 0.557. The van der Waals surface area contributed by atoms with Crippen molar-refractivity contribution < 1.29 is 9.59 Å². The second kappa shape index (κ2) is 4.28. The van der Waals surface area contributed by atoms with Crippen molar-refractivity contribution in [3.8, 4) is 0 Å². The van der Waals surface area contributed by atoms with Gasteiger partial charge in [0, 0.05) is 5.92 Å². The number of thioether (sulfide) groups is 1. The van der Waals surface area contributed by atoms with E-state index in [4.69, 9.17) is 12.2 Å². The molecule has 5 heteroatoms. The largest absolute Gasteiger partial charge is 0.307 e. The summed E-state index contributed by atoms with van der Waals surface area (Å²) in [4.78, 5) is 23.4. The van der Waals surface area contributed by atoms with E-state index < -0.39 is 0 Å². The summed E-state index contributed by atoms with van der Waals surface area (Å²) in [5.74, 6) is -0.281. The maximum absolute atomic E-state index is 11.5. The van der Waals surface area contributed by atoms with Crippen LogP contribution >= 0.6 is 24.0 Å². The Balaban J connectivity index is 2.16. The number of allylic oxidation sites excluding steroid dienone is 3. The molecule has 0 aromatic rings. The van der Waals surface area contributed by atoms with Crippen LogP contribution in [0.3, 0.4) is 0 Å². The molecule has 15 heavy (non-hydrogen) atoms. The molecule has 0 aromatic carbocycles. The average Bonchev–Trinajstić information content (AvgIpc) is 2.49. The van der Waals surface area contributed by atoms with Crippen LogP contribution in [0.4, 0.5) is 0 Å². The lowest BCUT2D eigenvalue weighted by atomic mass is 9.93. The molecule has 0 aromatic heterocycles. The van der Waals surface area contributed by atoms with Crippen LogP contribution < -0.4 is 5.32 Å².